The van der Waals surface area contributed by atoms with Crippen molar-refractivity contribution in [2.75, 3.05) is 26.8 Å². The van der Waals surface area contributed by atoms with Crippen LogP contribution in [0.25, 0.3) is 0 Å². The predicted molar refractivity (Wildman–Crippen MR) is 106 cm³/mol. The molecule has 0 aliphatic carbocycles. The lowest BCUT2D eigenvalue weighted by Gasteiger charge is -2.15. The molecule has 0 atom stereocenters. The Morgan fingerprint density at radius 2 is 2.18 bits per heavy atom. The lowest BCUT2D eigenvalue weighted by molar-refractivity contribution is 0.153. The highest BCUT2D eigenvalue weighted by atomic mass is 127. The fraction of sp³-hybridized carbons (Fsp3) is 0.562. The van der Waals surface area contributed by atoms with Gasteiger partial charge in [-0.1, -0.05) is 11.6 Å². The summed E-state index contributed by atoms with van der Waals surface area (Å²) in [6, 6.07) is 2.24. The number of aryl methyl sites for hydroxylation is 2. The minimum atomic E-state index is 0. The first-order valence-electron chi connectivity index (χ1n) is 7.45. The van der Waals surface area contributed by atoms with Gasteiger partial charge in [-0.3, -0.25) is 4.99 Å². The molecule has 6 heteroatoms. The second-order valence-corrected chi connectivity index (χ2v) is 6.69. The van der Waals surface area contributed by atoms with Gasteiger partial charge >= 0.3 is 0 Å². The summed E-state index contributed by atoms with van der Waals surface area (Å²) >= 11 is 1.85. The van der Waals surface area contributed by atoms with Crippen LogP contribution in [-0.4, -0.2) is 32.8 Å². The van der Waals surface area contributed by atoms with Crippen LogP contribution in [0.1, 0.15) is 28.2 Å². The predicted octanol–water partition coefficient (Wildman–Crippen LogP) is 3.38. The zero-order valence-corrected chi connectivity index (χ0v) is 16.7. The Balaban J connectivity index is 0.00000242. The van der Waals surface area contributed by atoms with Crippen molar-refractivity contribution >= 4 is 41.3 Å². The van der Waals surface area contributed by atoms with Gasteiger partial charge in [-0.2, -0.15) is 0 Å². The van der Waals surface area contributed by atoms with Crippen LogP contribution >= 0.6 is 35.3 Å². The number of guanidine groups is 1. The van der Waals surface area contributed by atoms with E-state index in [-0.39, 0.29) is 24.0 Å². The van der Waals surface area contributed by atoms with Crippen molar-refractivity contribution in [1.82, 2.24) is 10.6 Å². The number of hydrogen-bond donors (Lipinski definition) is 2. The van der Waals surface area contributed by atoms with E-state index < -0.39 is 0 Å². The van der Waals surface area contributed by atoms with Gasteiger partial charge in [0.1, 0.15) is 0 Å². The number of ether oxygens (including phenoxy) is 1. The molecule has 0 saturated carbocycles. The van der Waals surface area contributed by atoms with Gasteiger partial charge in [-0.25, -0.2) is 0 Å². The molecule has 1 aromatic heterocycles. The van der Waals surface area contributed by atoms with Gasteiger partial charge in [-0.15, -0.1) is 35.3 Å². The molecule has 0 spiro atoms. The third-order valence-corrected chi connectivity index (χ3v) is 4.62. The van der Waals surface area contributed by atoms with E-state index in [1.807, 2.05) is 18.4 Å². The van der Waals surface area contributed by atoms with Gasteiger partial charge < -0.3 is 15.4 Å². The number of thiophene rings is 1. The van der Waals surface area contributed by atoms with Crippen LogP contribution in [0.5, 0.6) is 0 Å². The molecule has 4 nitrogen and oxygen atoms in total. The third kappa shape index (κ3) is 6.26. The smallest absolute Gasteiger partial charge is 0.191 e. The lowest BCUT2D eigenvalue weighted by atomic mass is 10.1. The zero-order chi connectivity index (χ0) is 15.1. The summed E-state index contributed by atoms with van der Waals surface area (Å²) in [5.74, 6) is 0.867. The van der Waals surface area contributed by atoms with Gasteiger partial charge in [0.25, 0.3) is 0 Å². The molecule has 0 bridgehead atoms. The van der Waals surface area contributed by atoms with Gasteiger partial charge in [0, 0.05) is 29.9 Å². The molecule has 124 valence electrons. The highest BCUT2D eigenvalue weighted by molar-refractivity contribution is 14.0. The minimum absolute atomic E-state index is 0. The summed E-state index contributed by atoms with van der Waals surface area (Å²) in [5.41, 5.74) is 2.83. The Bertz CT molecular complexity index is 525. The molecule has 1 aromatic rings. The summed E-state index contributed by atoms with van der Waals surface area (Å²) in [7, 11) is 1.81. The average Bonchev–Trinajstić information content (AvgIpc) is 2.81. The summed E-state index contributed by atoms with van der Waals surface area (Å²) < 4.78 is 5.32. The van der Waals surface area contributed by atoms with Gasteiger partial charge in [0.05, 0.1) is 13.2 Å². The minimum Gasteiger partial charge on any atom is -0.377 e. The molecule has 0 unspecified atom stereocenters. The SMILES string of the molecule is CN=C(NCCC1=CCOCC1)NCc1cc(C)sc1C.I. The number of aliphatic imine (C=N–C) groups is 1. The Morgan fingerprint density at radius 1 is 1.36 bits per heavy atom. The Hall–Kier alpha value is -0.600. The van der Waals surface area contributed by atoms with Crippen LogP contribution in [0.15, 0.2) is 22.7 Å². The summed E-state index contributed by atoms with van der Waals surface area (Å²) in [6.07, 6.45) is 4.31. The first kappa shape index (κ1) is 19.4. The van der Waals surface area contributed by atoms with Crippen LogP contribution < -0.4 is 10.6 Å². The highest BCUT2D eigenvalue weighted by Crippen LogP contribution is 2.20. The number of rotatable bonds is 5. The fourth-order valence-electron chi connectivity index (χ4n) is 2.39. The first-order chi connectivity index (χ1) is 10.2. The van der Waals surface area contributed by atoms with Crippen molar-refractivity contribution < 1.29 is 4.74 Å². The number of nitrogens with one attached hydrogen (secondary N) is 2. The van der Waals surface area contributed by atoms with Crippen LogP contribution in [0, 0.1) is 13.8 Å². The highest BCUT2D eigenvalue weighted by Gasteiger charge is 2.06. The summed E-state index contributed by atoms with van der Waals surface area (Å²) in [6.45, 7) is 7.67. The maximum atomic E-state index is 5.32. The van der Waals surface area contributed by atoms with E-state index in [9.17, 15) is 0 Å². The largest absolute Gasteiger partial charge is 0.377 e. The molecule has 1 aliphatic rings. The Morgan fingerprint density at radius 3 is 2.77 bits per heavy atom. The van der Waals surface area contributed by atoms with Gasteiger partial charge in [-0.05, 0) is 38.3 Å². The molecular weight excluding hydrogens is 409 g/mol. The molecule has 2 rings (SSSR count). The van der Waals surface area contributed by atoms with E-state index in [4.69, 9.17) is 4.74 Å². The average molecular weight is 435 g/mol. The second-order valence-electron chi connectivity index (χ2n) is 5.23. The van der Waals surface area contributed by atoms with Crippen molar-refractivity contribution in [3.8, 4) is 0 Å². The van der Waals surface area contributed by atoms with Crippen molar-refractivity contribution in [3.05, 3.63) is 33.0 Å². The van der Waals surface area contributed by atoms with Crippen molar-refractivity contribution in [2.24, 2.45) is 4.99 Å². The molecule has 0 saturated heterocycles. The molecule has 0 aromatic carbocycles. The quantitative estimate of drug-likeness (QED) is 0.323. The van der Waals surface area contributed by atoms with Crippen LogP contribution in [0.3, 0.4) is 0 Å². The number of hydrogen-bond acceptors (Lipinski definition) is 3. The van der Waals surface area contributed by atoms with E-state index in [0.717, 1.165) is 45.1 Å². The van der Waals surface area contributed by atoms with E-state index in [1.54, 1.807) is 0 Å². The molecule has 0 fully saturated rings. The topological polar surface area (TPSA) is 45.7 Å². The van der Waals surface area contributed by atoms with Crippen LogP contribution in [0.4, 0.5) is 0 Å². The fourth-order valence-corrected chi connectivity index (χ4v) is 3.34. The molecule has 22 heavy (non-hydrogen) atoms. The number of nitrogens with zero attached hydrogens (tertiary/aromatic N) is 1. The third-order valence-electron chi connectivity index (χ3n) is 3.61. The molecule has 2 N–H and O–H groups in total. The van der Waals surface area contributed by atoms with E-state index >= 15 is 0 Å². The van der Waals surface area contributed by atoms with E-state index in [0.29, 0.717) is 0 Å². The molecule has 0 radical (unpaired) electrons. The van der Waals surface area contributed by atoms with E-state index in [2.05, 4.69) is 41.6 Å². The molecule has 0 amide bonds. The van der Waals surface area contributed by atoms with Crippen LogP contribution in [-0.2, 0) is 11.3 Å². The van der Waals surface area contributed by atoms with Crippen LogP contribution in [0.2, 0.25) is 0 Å². The first-order valence-corrected chi connectivity index (χ1v) is 8.26. The van der Waals surface area contributed by atoms with Gasteiger partial charge in [0.15, 0.2) is 5.96 Å². The normalized spacial score (nSPS) is 15.0. The zero-order valence-electron chi connectivity index (χ0n) is 13.6. The summed E-state index contributed by atoms with van der Waals surface area (Å²) in [5, 5.41) is 6.75. The summed E-state index contributed by atoms with van der Waals surface area (Å²) in [4.78, 5) is 7.01. The Kier molecular flexibility index (Phi) is 9.04. The number of halogens is 1. The maximum Gasteiger partial charge on any atom is 0.191 e. The van der Waals surface area contributed by atoms with Crippen molar-refractivity contribution in [2.45, 2.75) is 33.2 Å². The molecular formula is C16H26IN3OS. The van der Waals surface area contributed by atoms with Crippen molar-refractivity contribution in [1.29, 1.82) is 0 Å². The monoisotopic (exact) mass is 435 g/mol. The van der Waals surface area contributed by atoms with Gasteiger partial charge in [0.2, 0.25) is 0 Å². The standard InChI is InChI=1S/C16H25N3OS.HI/c1-12-10-15(13(2)21-12)11-19-16(17-3)18-7-4-14-5-8-20-9-6-14;/h5,10H,4,6-9,11H2,1-3H3,(H2,17,18,19);1H. The second kappa shape index (κ2) is 10.2. The maximum absolute atomic E-state index is 5.32. The lowest BCUT2D eigenvalue weighted by Crippen LogP contribution is -2.37. The van der Waals surface area contributed by atoms with Crippen molar-refractivity contribution in [3.63, 3.8) is 0 Å². The molecule has 1 aliphatic heterocycles. The Labute approximate surface area is 154 Å². The van der Waals surface area contributed by atoms with E-state index in [1.165, 1.54) is 20.9 Å². The molecule has 2 heterocycles.